The van der Waals surface area contributed by atoms with E-state index in [1.807, 2.05) is 24.4 Å². The van der Waals surface area contributed by atoms with Crippen LogP contribution < -0.4 is 10.5 Å². The molecule has 2 rings (SSSR count). The van der Waals surface area contributed by atoms with Crippen molar-refractivity contribution < 1.29 is 8.42 Å². The van der Waals surface area contributed by atoms with Crippen molar-refractivity contribution in [1.82, 2.24) is 4.72 Å². The van der Waals surface area contributed by atoms with Gasteiger partial charge in [-0.1, -0.05) is 18.3 Å². The molecule has 19 heavy (non-hydrogen) atoms. The van der Waals surface area contributed by atoms with Gasteiger partial charge in [0.05, 0.1) is 10.9 Å². The zero-order valence-corrected chi connectivity index (χ0v) is 13.3. The van der Waals surface area contributed by atoms with Gasteiger partial charge in [-0.15, -0.1) is 22.7 Å². The summed E-state index contributed by atoms with van der Waals surface area (Å²) in [6.45, 7) is 1.81. The Morgan fingerprint density at radius 2 is 2.16 bits per heavy atom. The first-order chi connectivity index (χ1) is 8.90. The lowest BCUT2D eigenvalue weighted by molar-refractivity contribution is 0.570. The second-order valence-corrected chi connectivity index (χ2v) is 8.29. The standard InChI is InChI=1S/C11H12N2O2S4/c1-7(8-3-2-6-17-8)13-19(14,15)10-5-4-9(18-10)11(12)16/h2-7,13H,1H3,(H2,12,16). The fraction of sp³-hybridized carbons (Fsp3) is 0.182. The van der Waals surface area contributed by atoms with Gasteiger partial charge in [-0.25, -0.2) is 13.1 Å². The molecule has 3 N–H and O–H groups in total. The quantitative estimate of drug-likeness (QED) is 0.825. The molecule has 2 aromatic heterocycles. The molecule has 2 aromatic rings. The van der Waals surface area contributed by atoms with Gasteiger partial charge in [-0.3, -0.25) is 0 Å². The van der Waals surface area contributed by atoms with Crippen LogP contribution in [0.25, 0.3) is 0 Å². The number of hydrogen-bond acceptors (Lipinski definition) is 5. The van der Waals surface area contributed by atoms with Gasteiger partial charge < -0.3 is 5.73 Å². The number of nitrogens with two attached hydrogens (primary N) is 1. The third-order valence-electron chi connectivity index (χ3n) is 2.39. The van der Waals surface area contributed by atoms with E-state index < -0.39 is 10.0 Å². The third kappa shape index (κ3) is 3.40. The molecule has 0 saturated carbocycles. The summed E-state index contributed by atoms with van der Waals surface area (Å²) < 4.78 is 27.2. The minimum atomic E-state index is -3.54. The monoisotopic (exact) mass is 332 g/mol. The Morgan fingerprint density at radius 3 is 2.68 bits per heavy atom. The molecule has 4 nitrogen and oxygen atoms in total. The van der Waals surface area contributed by atoms with E-state index in [4.69, 9.17) is 18.0 Å². The van der Waals surface area contributed by atoms with Crippen LogP contribution in [0.2, 0.25) is 0 Å². The van der Waals surface area contributed by atoms with Gasteiger partial charge in [-0.05, 0) is 30.5 Å². The summed E-state index contributed by atoms with van der Waals surface area (Å²) in [6, 6.07) is 6.66. The van der Waals surface area contributed by atoms with Gasteiger partial charge in [0.1, 0.15) is 9.20 Å². The molecule has 1 unspecified atom stereocenters. The van der Waals surface area contributed by atoms with Crippen LogP contribution in [0.4, 0.5) is 0 Å². The highest BCUT2D eigenvalue weighted by atomic mass is 32.2. The average molecular weight is 332 g/mol. The summed E-state index contributed by atoms with van der Waals surface area (Å²) in [5.74, 6) is 0. The second-order valence-electron chi connectivity index (χ2n) is 3.84. The Labute approximate surface area is 125 Å². The van der Waals surface area contributed by atoms with Crippen LogP contribution in [0, 0.1) is 0 Å². The maximum Gasteiger partial charge on any atom is 0.250 e. The van der Waals surface area contributed by atoms with Crippen LogP contribution in [0.15, 0.2) is 33.9 Å². The summed E-state index contributed by atoms with van der Waals surface area (Å²) in [6.07, 6.45) is 0. The molecule has 0 bridgehead atoms. The predicted molar refractivity (Wildman–Crippen MR) is 83.3 cm³/mol. The lowest BCUT2D eigenvalue weighted by atomic mass is 10.3. The minimum Gasteiger partial charge on any atom is -0.389 e. The summed E-state index contributed by atoms with van der Waals surface area (Å²) in [5, 5.41) is 1.91. The number of sulfonamides is 1. The maximum atomic E-state index is 12.2. The van der Waals surface area contributed by atoms with Crippen LogP contribution in [0.3, 0.4) is 0 Å². The van der Waals surface area contributed by atoms with Crippen LogP contribution in [-0.2, 0) is 10.0 Å². The largest absolute Gasteiger partial charge is 0.389 e. The molecular weight excluding hydrogens is 320 g/mol. The molecule has 1 atom stereocenters. The molecule has 0 fully saturated rings. The van der Waals surface area contributed by atoms with Gasteiger partial charge in [0.25, 0.3) is 10.0 Å². The Bertz CT molecular complexity index is 673. The molecule has 102 valence electrons. The van der Waals surface area contributed by atoms with Crippen molar-refractivity contribution in [3.63, 3.8) is 0 Å². The van der Waals surface area contributed by atoms with Crippen molar-refractivity contribution >= 4 is 49.9 Å². The highest BCUT2D eigenvalue weighted by molar-refractivity contribution is 7.91. The topological polar surface area (TPSA) is 72.2 Å². The van der Waals surface area contributed by atoms with E-state index in [0.29, 0.717) is 4.88 Å². The molecule has 2 heterocycles. The van der Waals surface area contributed by atoms with E-state index in [1.165, 1.54) is 17.4 Å². The van der Waals surface area contributed by atoms with E-state index >= 15 is 0 Å². The van der Waals surface area contributed by atoms with Crippen LogP contribution in [-0.4, -0.2) is 13.4 Å². The van der Waals surface area contributed by atoms with Gasteiger partial charge in [0, 0.05) is 4.88 Å². The molecule has 0 radical (unpaired) electrons. The first kappa shape index (κ1) is 14.6. The highest BCUT2D eigenvalue weighted by Crippen LogP contribution is 2.25. The predicted octanol–water partition coefficient (Wildman–Crippen LogP) is 2.48. The number of rotatable bonds is 5. The number of hydrogen-bond donors (Lipinski definition) is 2. The SMILES string of the molecule is CC(NS(=O)(=O)c1ccc(C(N)=S)s1)c1cccs1. The van der Waals surface area contributed by atoms with Crippen LogP contribution in [0.5, 0.6) is 0 Å². The first-order valence-corrected chi connectivity index (χ1v) is 8.94. The lowest BCUT2D eigenvalue weighted by Gasteiger charge is -2.11. The number of thiophene rings is 2. The third-order valence-corrected chi connectivity index (χ3v) is 6.95. The van der Waals surface area contributed by atoms with Crippen molar-refractivity contribution in [3.05, 3.63) is 39.4 Å². The van der Waals surface area contributed by atoms with Gasteiger partial charge in [-0.2, -0.15) is 0 Å². The zero-order valence-electron chi connectivity index (χ0n) is 9.99. The zero-order chi connectivity index (χ0) is 14.0. The molecule has 0 aromatic carbocycles. The molecule has 0 aliphatic carbocycles. The Morgan fingerprint density at radius 1 is 1.42 bits per heavy atom. The molecule has 0 aliphatic rings. The fourth-order valence-corrected chi connectivity index (χ4v) is 4.88. The number of thiocarbonyl (C=S) groups is 1. The fourth-order valence-electron chi connectivity index (χ4n) is 1.48. The van der Waals surface area contributed by atoms with Crippen molar-refractivity contribution in [2.75, 3.05) is 0 Å². The molecule has 0 saturated heterocycles. The van der Waals surface area contributed by atoms with E-state index in [2.05, 4.69) is 4.72 Å². The first-order valence-electron chi connectivity index (χ1n) is 5.35. The normalized spacial score (nSPS) is 13.3. The van der Waals surface area contributed by atoms with Crippen molar-refractivity contribution in [2.45, 2.75) is 17.2 Å². The van der Waals surface area contributed by atoms with Crippen molar-refractivity contribution in [1.29, 1.82) is 0 Å². The van der Waals surface area contributed by atoms with E-state index in [1.54, 1.807) is 6.07 Å². The highest BCUT2D eigenvalue weighted by Gasteiger charge is 2.21. The van der Waals surface area contributed by atoms with E-state index in [0.717, 1.165) is 16.2 Å². The Hall–Kier alpha value is -0.800. The Balaban J connectivity index is 2.20. The summed E-state index contributed by atoms with van der Waals surface area (Å²) >= 11 is 7.41. The summed E-state index contributed by atoms with van der Waals surface area (Å²) in [7, 11) is -3.54. The van der Waals surface area contributed by atoms with Crippen LogP contribution in [0.1, 0.15) is 22.7 Å². The maximum absolute atomic E-state index is 12.2. The molecule has 0 aliphatic heterocycles. The average Bonchev–Trinajstić information content (AvgIpc) is 3.00. The molecule has 8 heteroatoms. The lowest BCUT2D eigenvalue weighted by Crippen LogP contribution is -2.25. The van der Waals surface area contributed by atoms with Crippen LogP contribution >= 0.6 is 34.9 Å². The Kier molecular flexibility index (Phi) is 4.36. The number of nitrogens with one attached hydrogen (secondary N) is 1. The van der Waals surface area contributed by atoms with Gasteiger partial charge in [0.2, 0.25) is 0 Å². The minimum absolute atomic E-state index is 0.206. The summed E-state index contributed by atoms with van der Waals surface area (Å²) in [5.41, 5.74) is 5.48. The van der Waals surface area contributed by atoms with E-state index in [9.17, 15) is 8.42 Å². The molecular formula is C11H12N2O2S4. The molecule has 0 amide bonds. The van der Waals surface area contributed by atoms with Crippen molar-refractivity contribution in [2.24, 2.45) is 5.73 Å². The van der Waals surface area contributed by atoms with Gasteiger partial charge >= 0.3 is 0 Å². The van der Waals surface area contributed by atoms with Crippen molar-refractivity contribution in [3.8, 4) is 0 Å². The molecule has 0 spiro atoms. The second kappa shape index (κ2) is 5.68. The van der Waals surface area contributed by atoms with Gasteiger partial charge in [0.15, 0.2) is 0 Å². The van der Waals surface area contributed by atoms with E-state index in [-0.39, 0.29) is 15.2 Å². The smallest absolute Gasteiger partial charge is 0.250 e. The summed E-state index contributed by atoms with van der Waals surface area (Å²) in [4.78, 5) is 1.77.